The van der Waals surface area contributed by atoms with Gasteiger partial charge in [-0.3, -0.25) is 0 Å². The van der Waals surface area contributed by atoms with Gasteiger partial charge >= 0.3 is 0 Å². The summed E-state index contributed by atoms with van der Waals surface area (Å²) in [6.07, 6.45) is 7.84. The maximum Gasteiger partial charge on any atom is 0.134 e. The molecule has 0 unspecified atom stereocenters. The number of nitriles is 3. The molecule has 0 atom stereocenters. The zero-order chi connectivity index (χ0) is 19.2. The highest BCUT2D eigenvalue weighted by Crippen LogP contribution is 2.43. The van der Waals surface area contributed by atoms with Crippen LogP contribution in [0.15, 0.2) is 22.4 Å². The maximum absolute atomic E-state index is 9.72. The highest BCUT2D eigenvalue weighted by molar-refractivity contribution is 5.57. The lowest BCUT2D eigenvalue weighted by atomic mass is 9.72. The van der Waals surface area contributed by atoms with Gasteiger partial charge in [0.15, 0.2) is 0 Å². The Balaban J connectivity index is 2.17. The van der Waals surface area contributed by atoms with E-state index in [4.69, 9.17) is 0 Å². The third-order valence-electron chi connectivity index (χ3n) is 5.48. The average Bonchev–Trinajstić information content (AvgIpc) is 2.62. The van der Waals surface area contributed by atoms with Crippen LogP contribution in [0, 0.1) is 39.4 Å². The second-order valence-electron chi connectivity index (χ2n) is 8.24. The lowest BCUT2D eigenvalue weighted by Crippen LogP contribution is -2.38. The normalized spacial score (nSPS) is 20.1. The van der Waals surface area contributed by atoms with Crippen LogP contribution in [0.5, 0.6) is 0 Å². The second-order valence-corrected chi connectivity index (χ2v) is 8.24. The molecule has 0 saturated heterocycles. The molecule has 5 heteroatoms. The van der Waals surface area contributed by atoms with Crippen LogP contribution in [0.2, 0.25) is 0 Å². The largest absolute Gasteiger partial charge is 0.376 e. The molecule has 0 radical (unpaired) electrons. The van der Waals surface area contributed by atoms with Crippen LogP contribution < -0.4 is 5.32 Å². The minimum atomic E-state index is -0.0744. The lowest BCUT2D eigenvalue weighted by Gasteiger charge is -2.37. The number of likely N-dealkylation sites (N-methyl/N-ethyl adjacent to an activating group) is 1. The number of allylic oxidation sites excluding steroid dienone is 4. The van der Waals surface area contributed by atoms with E-state index in [0.717, 1.165) is 25.2 Å². The molecule has 5 nitrogen and oxygen atoms in total. The Bertz CT molecular complexity index is 686. The van der Waals surface area contributed by atoms with Crippen molar-refractivity contribution in [2.75, 3.05) is 20.1 Å². The minimum absolute atomic E-state index is 0.0700. The zero-order valence-corrected chi connectivity index (χ0v) is 16.2. The van der Waals surface area contributed by atoms with E-state index in [1.807, 2.05) is 19.2 Å². The van der Waals surface area contributed by atoms with Gasteiger partial charge in [0.2, 0.25) is 0 Å². The lowest BCUT2D eigenvalue weighted by molar-refractivity contribution is 0.279. The molecule has 0 aromatic carbocycles. The number of hydrogen-bond donors (Lipinski definition) is 1. The second kappa shape index (κ2) is 8.88. The fraction of sp³-hybridized carbons (Fsp3) is 0.667. The van der Waals surface area contributed by atoms with Gasteiger partial charge in [-0.25, -0.2) is 0 Å². The van der Waals surface area contributed by atoms with Crippen LogP contribution >= 0.6 is 0 Å². The Labute approximate surface area is 157 Å². The van der Waals surface area contributed by atoms with Crippen LogP contribution in [0.1, 0.15) is 58.8 Å². The van der Waals surface area contributed by atoms with Crippen LogP contribution in [-0.2, 0) is 0 Å². The third kappa shape index (κ3) is 4.87. The first kappa shape index (κ1) is 20.0. The summed E-state index contributed by atoms with van der Waals surface area (Å²) in [5, 5.41) is 31.9. The maximum atomic E-state index is 9.72. The Hall–Kier alpha value is -2.29. The number of nitrogens with one attached hydrogen (secondary N) is 1. The van der Waals surface area contributed by atoms with Crippen LogP contribution in [0.3, 0.4) is 0 Å². The van der Waals surface area contributed by atoms with E-state index in [0.29, 0.717) is 23.6 Å². The molecule has 0 spiro atoms. The van der Waals surface area contributed by atoms with E-state index in [1.165, 1.54) is 32.1 Å². The van der Waals surface area contributed by atoms with Gasteiger partial charge in [0.1, 0.15) is 23.8 Å². The average molecular weight is 351 g/mol. The first-order valence-corrected chi connectivity index (χ1v) is 9.53. The van der Waals surface area contributed by atoms with Crippen molar-refractivity contribution in [2.45, 2.75) is 64.8 Å². The van der Waals surface area contributed by atoms with E-state index >= 15 is 0 Å². The van der Waals surface area contributed by atoms with E-state index in [2.05, 4.69) is 30.1 Å². The van der Waals surface area contributed by atoms with Crippen molar-refractivity contribution >= 4 is 0 Å². The Morgan fingerprint density at radius 3 is 2.35 bits per heavy atom. The van der Waals surface area contributed by atoms with Gasteiger partial charge in [-0.05, 0) is 31.1 Å². The first-order chi connectivity index (χ1) is 12.4. The Morgan fingerprint density at radius 1 is 1.12 bits per heavy atom. The highest BCUT2D eigenvalue weighted by atomic mass is 15.1. The van der Waals surface area contributed by atoms with E-state index < -0.39 is 0 Å². The first-order valence-electron chi connectivity index (χ1n) is 9.53. The van der Waals surface area contributed by atoms with Crippen molar-refractivity contribution in [3.63, 3.8) is 0 Å². The summed E-state index contributed by atoms with van der Waals surface area (Å²) in [4.78, 5) is 2.13. The number of rotatable bonds is 5. The van der Waals surface area contributed by atoms with Crippen molar-refractivity contribution < 1.29 is 0 Å². The molecular formula is C21H29N5. The molecule has 0 aromatic heterocycles. The van der Waals surface area contributed by atoms with Gasteiger partial charge in [0.25, 0.3) is 0 Å². The van der Waals surface area contributed by atoms with Crippen molar-refractivity contribution in [1.82, 2.24) is 10.2 Å². The summed E-state index contributed by atoms with van der Waals surface area (Å²) in [6.45, 7) is 5.95. The molecular weight excluding hydrogens is 322 g/mol. The molecule has 1 saturated carbocycles. The van der Waals surface area contributed by atoms with Gasteiger partial charge in [-0.2, -0.15) is 15.8 Å². The van der Waals surface area contributed by atoms with Gasteiger partial charge < -0.3 is 10.2 Å². The smallest absolute Gasteiger partial charge is 0.134 e. The molecule has 2 aliphatic carbocycles. The summed E-state index contributed by atoms with van der Waals surface area (Å²) in [5.74, 6) is 0. The van der Waals surface area contributed by atoms with E-state index in [-0.39, 0.29) is 11.0 Å². The molecule has 0 bridgehead atoms. The highest BCUT2D eigenvalue weighted by Gasteiger charge is 2.34. The number of hydrogen-bond acceptors (Lipinski definition) is 5. The summed E-state index contributed by atoms with van der Waals surface area (Å²) < 4.78 is 0. The topological polar surface area (TPSA) is 86.6 Å². The minimum Gasteiger partial charge on any atom is -0.376 e. The Kier molecular flexibility index (Phi) is 6.84. The summed E-state index contributed by atoms with van der Waals surface area (Å²) in [5.41, 5.74) is 2.07. The summed E-state index contributed by atoms with van der Waals surface area (Å²) in [6, 6.07) is 6.83. The quantitative estimate of drug-likeness (QED) is 0.762. The van der Waals surface area contributed by atoms with Crippen LogP contribution in [0.4, 0.5) is 0 Å². The van der Waals surface area contributed by atoms with Crippen molar-refractivity contribution in [3.05, 3.63) is 22.4 Å². The molecule has 26 heavy (non-hydrogen) atoms. The molecule has 0 aliphatic heterocycles. The molecule has 2 aliphatic rings. The molecule has 0 amide bonds. The molecule has 1 N–H and O–H groups in total. The summed E-state index contributed by atoms with van der Waals surface area (Å²) >= 11 is 0. The van der Waals surface area contributed by atoms with Gasteiger partial charge in [0.05, 0.1) is 5.57 Å². The van der Waals surface area contributed by atoms with Crippen molar-refractivity contribution in [3.8, 4) is 18.2 Å². The fourth-order valence-electron chi connectivity index (χ4n) is 4.05. The molecule has 1 fully saturated rings. The third-order valence-corrected chi connectivity index (χ3v) is 5.48. The molecule has 138 valence electrons. The van der Waals surface area contributed by atoms with Crippen LogP contribution in [0.25, 0.3) is 0 Å². The predicted octanol–water partition coefficient (Wildman–Crippen LogP) is 3.78. The molecule has 2 rings (SSSR count). The monoisotopic (exact) mass is 351 g/mol. The van der Waals surface area contributed by atoms with Gasteiger partial charge in [-0.1, -0.05) is 33.1 Å². The van der Waals surface area contributed by atoms with E-state index in [1.54, 1.807) is 0 Å². The standard InChI is InChI=1S/C21H29N5/c1-21(2)11-18(16(13-22)14-23)19(15-24)20(12-21)26(3)10-9-25-17-7-5-4-6-8-17/h17,25H,4-12H2,1-3H3. The van der Waals surface area contributed by atoms with Gasteiger partial charge in [-0.15, -0.1) is 0 Å². The van der Waals surface area contributed by atoms with Crippen molar-refractivity contribution in [2.24, 2.45) is 5.41 Å². The number of nitrogens with zero attached hydrogens (tertiary/aromatic N) is 4. The summed E-state index contributed by atoms with van der Waals surface area (Å²) in [7, 11) is 2.01. The van der Waals surface area contributed by atoms with Crippen molar-refractivity contribution in [1.29, 1.82) is 15.8 Å². The molecule has 0 aromatic rings. The predicted molar refractivity (Wildman–Crippen MR) is 101 cm³/mol. The van der Waals surface area contributed by atoms with Crippen LogP contribution in [-0.4, -0.2) is 31.1 Å². The fourth-order valence-corrected chi connectivity index (χ4v) is 4.05. The SMILES string of the molecule is CN(CCNC1CCCCC1)C1=C(C#N)C(=C(C#N)C#N)CC(C)(C)C1. The molecule has 0 heterocycles. The van der Waals surface area contributed by atoms with Gasteiger partial charge in [0, 0.05) is 37.4 Å². The van der Waals surface area contributed by atoms with E-state index in [9.17, 15) is 15.8 Å². The Morgan fingerprint density at radius 2 is 1.77 bits per heavy atom. The zero-order valence-electron chi connectivity index (χ0n) is 16.2.